The summed E-state index contributed by atoms with van der Waals surface area (Å²) in [7, 11) is 0. The Morgan fingerprint density at radius 2 is 1.59 bits per heavy atom. The molecule has 0 aliphatic carbocycles. The Bertz CT molecular complexity index is 1120. The number of rotatable bonds is 16. The zero-order chi connectivity index (χ0) is 28.7. The summed E-state index contributed by atoms with van der Waals surface area (Å²) in [5, 5.41) is 0. The van der Waals surface area contributed by atoms with Gasteiger partial charge in [-0.3, -0.25) is 0 Å². The minimum atomic E-state index is 0.704. The molecule has 0 radical (unpaired) electrons. The van der Waals surface area contributed by atoms with Crippen molar-refractivity contribution in [3.63, 3.8) is 0 Å². The van der Waals surface area contributed by atoms with Crippen LogP contribution in [-0.2, 0) is 30.8 Å². The molecule has 0 saturated carbocycles. The Kier molecular flexibility index (Phi) is 19.9. The first kappa shape index (κ1) is 34.6. The van der Waals surface area contributed by atoms with E-state index in [-0.39, 0.29) is 0 Å². The summed E-state index contributed by atoms with van der Waals surface area (Å²) in [6, 6.07) is 17.2. The normalized spacial score (nSPS) is 11.0. The minimum absolute atomic E-state index is 0.704. The van der Waals surface area contributed by atoms with E-state index >= 15 is 0 Å². The maximum absolute atomic E-state index is 9.27. The predicted molar refractivity (Wildman–Crippen MR) is 167 cm³/mol. The second kappa shape index (κ2) is 22.4. The van der Waals surface area contributed by atoms with E-state index in [9.17, 15) is 5.53 Å². The summed E-state index contributed by atoms with van der Waals surface area (Å²) < 4.78 is 0. The zero-order valence-corrected chi connectivity index (χ0v) is 26.7. The predicted octanol–water partition coefficient (Wildman–Crippen LogP) is 10.5. The number of terminal acetylenes is 1. The number of aryl methyl sites for hydroxylation is 2. The molecule has 0 aliphatic rings. The average Bonchev–Trinajstić information content (AvgIpc) is 2.97. The Balaban J connectivity index is 0.000000724. The Morgan fingerprint density at radius 1 is 0.897 bits per heavy atom. The van der Waals surface area contributed by atoms with Crippen molar-refractivity contribution in [3.05, 3.63) is 87.5 Å². The molecule has 2 aromatic carbocycles. The van der Waals surface area contributed by atoms with Crippen molar-refractivity contribution in [2.75, 3.05) is 0 Å². The fourth-order valence-corrected chi connectivity index (χ4v) is 6.53. The van der Waals surface area contributed by atoms with E-state index in [1.54, 1.807) is 0 Å². The van der Waals surface area contributed by atoms with Crippen LogP contribution >= 0.6 is 0 Å². The van der Waals surface area contributed by atoms with Gasteiger partial charge >= 0.3 is 73.2 Å². The second-order valence-electron chi connectivity index (χ2n) is 9.74. The number of hydrogen-bond acceptors (Lipinski definition) is 0. The van der Waals surface area contributed by atoms with Gasteiger partial charge in [0.25, 0.3) is 0 Å². The molecule has 2 nitrogen and oxygen atoms in total. The van der Waals surface area contributed by atoms with Gasteiger partial charge in [-0.1, -0.05) is 75.2 Å². The van der Waals surface area contributed by atoms with Crippen molar-refractivity contribution >= 4 is 11.4 Å². The molecule has 0 N–H and O–H groups in total. The van der Waals surface area contributed by atoms with Gasteiger partial charge in [-0.05, 0) is 66.0 Å². The number of benzene rings is 2. The van der Waals surface area contributed by atoms with E-state index < -0.39 is 0 Å². The van der Waals surface area contributed by atoms with Gasteiger partial charge in [0.15, 0.2) is 0 Å². The molecular weight excluding hydrogens is 567 g/mol. The van der Waals surface area contributed by atoms with Gasteiger partial charge in [-0.15, -0.1) is 17.1 Å². The third-order valence-electron chi connectivity index (χ3n) is 6.65. The molecule has 39 heavy (non-hydrogen) atoms. The Morgan fingerprint density at radius 3 is 2.21 bits per heavy atom. The third-order valence-corrected chi connectivity index (χ3v) is 8.85. The Labute approximate surface area is 248 Å². The van der Waals surface area contributed by atoms with E-state index in [4.69, 9.17) is 6.42 Å². The fourth-order valence-electron chi connectivity index (χ4n) is 4.26. The zero-order valence-electron chi connectivity index (χ0n) is 25.1. The standard InChI is InChI=1S/C28H32N2.2C4H9.Pd/c1-5-8-10-17-26(21-30-29)22(4)28(25-18-13-14-23(7-3)20-25)27-19-12-11-16-24(27)15-9-6-2;2*1-3-4-2;/h2,11-14,16,18-20H,5,7-10,15,17H2,1,3-4H3;2*1,3-4H2,2H3;. The summed E-state index contributed by atoms with van der Waals surface area (Å²) in [6.45, 7) is 11.0. The number of hydrogen-bond donors (Lipinski definition) is 0. The topological polar surface area (TPSA) is 36.4 Å². The van der Waals surface area contributed by atoms with Gasteiger partial charge in [0.05, 0.1) is 5.57 Å². The molecule has 2 rings (SSSR count). The number of allylic oxidation sites excluding steroid dienone is 2. The fraction of sp³-hybridized carbons (Fsp3) is 0.500. The van der Waals surface area contributed by atoms with Crippen LogP contribution in [0.25, 0.3) is 11.1 Å². The first-order chi connectivity index (χ1) is 19.1. The first-order valence-electron chi connectivity index (χ1n) is 14.8. The van der Waals surface area contributed by atoms with Gasteiger partial charge in [0, 0.05) is 6.42 Å². The van der Waals surface area contributed by atoms with Crippen LogP contribution in [0.5, 0.6) is 0 Å². The number of unbranched alkanes of at least 4 members (excludes halogenated alkanes) is 4. The van der Waals surface area contributed by atoms with Crippen molar-refractivity contribution in [1.29, 1.82) is 0 Å². The molecule has 0 aromatic heterocycles. The molecule has 214 valence electrons. The van der Waals surface area contributed by atoms with Crippen molar-refractivity contribution < 1.29 is 22.8 Å². The van der Waals surface area contributed by atoms with E-state index in [0.29, 0.717) is 6.42 Å². The molecule has 0 saturated heterocycles. The summed E-state index contributed by atoms with van der Waals surface area (Å²) in [6.07, 6.45) is 17.9. The van der Waals surface area contributed by atoms with Crippen LogP contribution in [0, 0.1) is 12.3 Å². The molecule has 0 heterocycles. The van der Waals surface area contributed by atoms with E-state index in [0.717, 1.165) is 67.7 Å². The Hall–Kier alpha value is -2.44. The molecule has 0 aliphatic heterocycles. The first-order valence-corrected chi connectivity index (χ1v) is 17.0. The van der Waals surface area contributed by atoms with Crippen molar-refractivity contribution in [2.45, 2.75) is 115 Å². The molecule has 0 bridgehead atoms. The third kappa shape index (κ3) is 13.5. The SMILES string of the molecule is C#CCCc1ccccc1C(=C(C)C(=C=[N+]=[N-])CCCCC)c1cccc(CC)c1.CCC[CH2][Pd][CH2]CCC. The van der Waals surface area contributed by atoms with Crippen LogP contribution in [0.3, 0.4) is 0 Å². The van der Waals surface area contributed by atoms with Crippen LogP contribution in [0.1, 0.15) is 115 Å². The van der Waals surface area contributed by atoms with Gasteiger partial charge in [-0.25, -0.2) is 0 Å². The molecular formula is C36H50N2Pd. The van der Waals surface area contributed by atoms with E-state index in [2.05, 4.69) is 99.7 Å². The van der Waals surface area contributed by atoms with Crippen LogP contribution in [0.15, 0.2) is 59.7 Å². The maximum atomic E-state index is 9.27. The summed E-state index contributed by atoms with van der Waals surface area (Å²) >= 11 is 1.07. The summed E-state index contributed by atoms with van der Waals surface area (Å²) in [5.74, 6) is 5.62. The van der Waals surface area contributed by atoms with Crippen molar-refractivity contribution in [2.24, 2.45) is 0 Å². The quantitative estimate of drug-likeness (QED) is 0.0342. The van der Waals surface area contributed by atoms with Crippen molar-refractivity contribution in [3.8, 4) is 12.3 Å². The van der Waals surface area contributed by atoms with Crippen molar-refractivity contribution in [1.82, 2.24) is 0 Å². The molecule has 0 atom stereocenters. The van der Waals surface area contributed by atoms with Gasteiger partial charge in [0.1, 0.15) is 0 Å². The van der Waals surface area contributed by atoms with Crippen LogP contribution < -0.4 is 0 Å². The van der Waals surface area contributed by atoms with Crippen LogP contribution in [0.2, 0.25) is 9.79 Å². The molecule has 0 unspecified atom stereocenters. The van der Waals surface area contributed by atoms with Crippen LogP contribution in [0.4, 0.5) is 0 Å². The monoisotopic (exact) mass is 616 g/mol. The molecule has 0 amide bonds. The van der Waals surface area contributed by atoms with Crippen LogP contribution in [-0.4, -0.2) is 10.7 Å². The second-order valence-corrected chi connectivity index (χ2v) is 12.1. The molecule has 2 aromatic rings. The van der Waals surface area contributed by atoms with Gasteiger partial charge in [0.2, 0.25) is 0 Å². The summed E-state index contributed by atoms with van der Waals surface area (Å²) in [5.41, 5.74) is 17.4. The molecule has 0 fully saturated rings. The van der Waals surface area contributed by atoms with E-state index in [1.165, 1.54) is 63.3 Å². The molecule has 3 heteroatoms. The number of nitrogens with zero attached hydrogens (tertiary/aromatic N) is 2. The average molecular weight is 617 g/mol. The van der Waals surface area contributed by atoms with E-state index in [1.807, 2.05) is 0 Å². The van der Waals surface area contributed by atoms with Gasteiger partial charge < -0.3 is 5.53 Å². The molecule has 0 spiro atoms. The summed E-state index contributed by atoms with van der Waals surface area (Å²) in [4.78, 5) is 6.27. The van der Waals surface area contributed by atoms with Gasteiger partial charge in [-0.2, -0.15) is 0 Å².